The monoisotopic (exact) mass is 396 g/mol. The van der Waals surface area contributed by atoms with E-state index >= 15 is 0 Å². The van der Waals surface area contributed by atoms with Crippen LogP contribution in [-0.4, -0.2) is 60.1 Å². The number of hydrogen-bond donors (Lipinski definition) is 2. The molecular formula is C18H20N8OS. The molecule has 0 aromatic carbocycles. The Bertz CT molecular complexity index is 1100. The van der Waals surface area contributed by atoms with Gasteiger partial charge in [-0.1, -0.05) is 0 Å². The Kier molecular flexibility index (Phi) is 4.30. The molecule has 0 bridgehead atoms. The summed E-state index contributed by atoms with van der Waals surface area (Å²) in [6, 6.07) is 2.07. The molecule has 9 nitrogen and oxygen atoms in total. The van der Waals surface area contributed by atoms with Gasteiger partial charge in [0, 0.05) is 44.7 Å². The smallest absolute Gasteiger partial charge is 0.180 e. The van der Waals surface area contributed by atoms with Gasteiger partial charge in [0.25, 0.3) is 0 Å². The zero-order valence-corrected chi connectivity index (χ0v) is 16.4. The van der Waals surface area contributed by atoms with Gasteiger partial charge >= 0.3 is 0 Å². The van der Waals surface area contributed by atoms with Crippen molar-refractivity contribution in [2.75, 3.05) is 25.5 Å². The first-order valence-electron chi connectivity index (χ1n) is 9.01. The van der Waals surface area contributed by atoms with E-state index < -0.39 is 0 Å². The van der Waals surface area contributed by atoms with E-state index in [0.29, 0.717) is 11.9 Å². The first-order chi connectivity index (χ1) is 13.7. The molecule has 0 unspecified atom stereocenters. The number of H-pyrrole nitrogens is 1. The lowest BCUT2D eigenvalue weighted by molar-refractivity contribution is -0.0338. The summed E-state index contributed by atoms with van der Waals surface area (Å²) < 4.78 is 11.9. The highest BCUT2D eigenvalue weighted by molar-refractivity contribution is 7.10. The fraction of sp³-hybridized carbons (Fsp3) is 0.333. The number of aromatic amines is 1. The van der Waals surface area contributed by atoms with Crippen LogP contribution >= 0.6 is 11.5 Å². The second-order valence-electron chi connectivity index (χ2n) is 6.91. The number of ether oxygens (including phenoxy) is 1. The van der Waals surface area contributed by atoms with Crippen LogP contribution in [-0.2, 0) is 11.3 Å². The first-order valence-corrected chi connectivity index (χ1v) is 9.78. The van der Waals surface area contributed by atoms with Crippen LogP contribution in [0.5, 0.6) is 0 Å². The Morgan fingerprint density at radius 3 is 3.04 bits per heavy atom. The lowest BCUT2D eigenvalue weighted by atomic mass is 10.1. The molecule has 1 aliphatic heterocycles. The summed E-state index contributed by atoms with van der Waals surface area (Å²) in [6.45, 7) is 4.73. The van der Waals surface area contributed by atoms with Gasteiger partial charge in [-0.15, -0.1) is 0 Å². The minimum atomic E-state index is 0.353. The molecule has 0 aliphatic carbocycles. The van der Waals surface area contributed by atoms with E-state index in [4.69, 9.17) is 4.74 Å². The molecule has 0 saturated carbocycles. The fourth-order valence-electron chi connectivity index (χ4n) is 3.39. The molecule has 28 heavy (non-hydrogen) atoms. The van der Waals surface area contributed by atoms with Crippen molar-refractivity contribution in [2.45, 2.75) is 19.6 Å². The Morgan fingerprint density at radius 1 is 1.36 bits per heavy atom. The molecule has 10 heteroatoms. The lowest BCUT2D eigenvalue weighted by Gasteiger charge is -2.37. The highest BCUT2D eigenvalue weighted by Gasteiger charge is 2.26. The van der Waals surface area contributed by atoms with E-state index in [0.717, 1.165) is 52.9 Å². The molecule has 5 rings (SSSR count). The number of aromatic nitrogens is 6. The van der Waals surface area contributed by atoms with E-state index in [1.54, 1.807) is 13.3 Å². The van der Waals surface area contributed by atoms with Gasteiger partial charge in [0.1, 0.15) is 5.00 Å². The highest BCUT2D eigenvalue weighted by atomic mass is 32.1. The Balaban J connectivity index is 1.38. The van der Waals surface area contributed by atoms with Gasteiger partial charge in [0.05, 0.1) is 35.6 Å². The average molecular weight is 396 g/mol. The summed E-state index contributed by atoms with van der Waals surface area (Å²) in [5, 5.41) is 11.2. The van der Waals surface area contributed by atoms with Crippen LogP contribution in [0.4, 0.5) is 10.8 Å². The maximum Gasteiger partial charge on any atom is 0.180 e. The van der Waals surface area contributed by atoms with Crippen molar-refractivity contribution in [3.8, 4) is 11.3 Å². The first kappa shape index (κ1) is 17.3. The van der Waals surface area contributed by atoms with E-state index in [1.165, 1.54) is 11.5 Å². The molecule has 0 spiro atoms. The van der Waals surface area contributed by atoms with Crippen molar-refractivity contribution in [3.63, 3.8) is 0 Å². The third-order valence-corrected chi connectivity index (χ3v) is 5.59. The average Bonchev–Trinajstić information content (AvgIpc) is 3.38. The molecule has 1 aliphatic rings. The fourth-order valence-corrected chi connectivity index (χ4v) is 4.05. The second kappa shape index (κ2) is 6.97. The van der Waals surface area contributed by atoms with Gasteiger partial charge in [0.2, 0.25) is 0 Å². The molecule has 144 valence electrons. The topological polar surface area (TPSA) is 96.3 Å². The van der Waals surface area contributed by atoms with Crippen LogP contribution in [0.2, 0.25) is 0 Å². The molecule has 2 N–H and O–H groups in total. The van der Waals surface area contributed by atoms with Crippen molar-refractivity contribution in [1.82, 2.24) is 33.8 Å². The Hall–Kier alpha value is -2.82. The third kappa shape index (κ3) is 3.15. The molecule has 1 fully saturated rings. The minimum absolute atomic E-state index is 0.353. The summed E-state index contributed by atoms with van der Waals surface area (Å²) >= 11 is 1.44. The predicted molar refractivity (Wildman–Crippen MR) is 107 cm³/mol. The van der Waals surface area contributed by atoms with E-state index in [9.17, 15) is 0 Å². The normalized spacial score (nSPS) is 15.2. The number of rotatable bonds is 6. The van der Waals surface area contributed by atoms with Crippen molar-refractivity contribution in [1.29, 1.82) is 0 Å². The van der Waals surface area contributed by atoms with Crippen LogP contribution in [0, 0.1) is 6.92 Å². The molecule has 4 aromatic heterocycles. The van der Waals surface area contributed by atoms with Gasteiger partial charge in [-0.2, -0.15) is 9.47 Å². The van der Waals surface area contributed by atoms with Crippen LogP contribution in [0.1, 0.15) is 11.4 Å². The summed E-state index contributed by atoms with van der Waals surface area (Å²) in [6.07, 6.45) is 7.80. The quantitative estimate of drug-likeness (QED) is 0.517. The number of fused-ring (bicyclic) bond motifs is 1. The standard InChI is InChI=1S/C18H20N8OS/c1-11-7-26-15(12-4-20-21-5-12)6-19-18(26)17(22-11)23-16-3-13(24-28-16)8-25-9-14(10-25)27-2/h3-7,14H,8-10H2,1-2H3,(H,20,21)(H,22,23). The molecule has 0 atom stereocenters. The van der Waals surface area contributed by atoms with Crippen molar-refractivity contribution >= 4 is 28.0 Å². The highest BCUT2D eigenvalue weighted by Crippen LogP contribution is 2.28. The largest absolute Gasteiger partial charge is 0.379 e. The predicted octanol–water partition coefficient (Wildman–Crippen LogP) is 2.46. The number of anilines is 2. The molecular weight excluding hydrogens is 376 g/mol. The Labute approximate surface area is 165 Å². The van der Waals surface area contributed by atoms with Crippen LogP contribution < -0.4 is 5.32 Å². The number of aryl methyl sites for hydroxylation is 1. The molecule has 4 aromatic rings. The zero-order valence-electron chi connectivity index (χ0n) is 15.6. The molecule has 0 amide bonds. The summed E-state index contributed by atoms with van der Waals surface area (Å²) in [5.41, 5.74) is 4.66. The molecule has 1 saturated heterocycles. The van der Waals surface area contributed by atoms with Crippen molar-refractivity contribution in [3.05, 3.63) is 42.2 Å². The van der Waals surface area contributed by atoms with E-state index in [1.807, 2.05) is 29.9 Å². The zero-order chi connectivity index (χ0) is 19.1. The number of nitrogens with one attached hydrogen (secondary N) is 2. The third-order valence-electron chi connectivity index (χ3n) is 4.85. The van der Waals surface area contributed by atoms with Gasteiger partial charge in [-0.05, 0) is 24.5 Å². The van der Waals surface area contributed by atoms with Crippen LogP contribution in [0.25, 0.3) is 16.9 Å². The van der Waals surface area contributed by atoms with Crippen LogP contribution in [0.3, 0.4) is 0 Å². The van der Waals surface area contributed by atoms with E-state index in [-0.39, 0.29) is 0 Å². The number of imidazole rings is 1. The summed E-state index contributed by atoms with van der Waals surface area (Å²) in [5.74, 6) is 0.716. The van der Waals surface area contributed by atoms with Crippen LogP contribution in [0.15, 0.2) is 30.9 Å². The SMILES string of the molecule is COC1CN(Cc2cc(Nc3nc(C)cn4c(-c5cn[nH]c5)cnc34)sn2)C1. The van der Waals surface area contributed by atoms with Gasteiger partial charge in [0.15, 0.2) is 11.5 Å². The minimum Gasteiger partial charge on any atom is -0.379 e. The molecule has 0 radical (unpaired) electrons. The molecule has 5 heterocycles. The van der Waals surface area contributed by atoms with Gasteiger partial charge < -0.3 is 10.1 Å². The van der Waals surface area contributed by atoms with Crippen molar-refractivity contribution in [2.24, 2.45) is 0 Å². The second-order valence-corrected chi connectivity index (χ2v) is 7.72. The maximum atomic E-state index is 5.32. The van der Waals surface area contributed by atoms with Crippen molar-refractivity contribution < 1.29 is 4.74 Å². The number of nitrogens with zero attached hydrogens (tertiary/aromatic N) is 6. The Morgan fingerprint density at radius 2 is 2.25 bits per heavy atom. The maximum absolute atomic E-state index is 5.32. The number of methoxy groups -OCH3 is 1. The number of hydrogen-bond acceptors (Lipinski definition) is 8. The lowest BCUT2D eigenvalue weighted by Crippen LogP contribution is -2.50. The summed E-state index contributed by atoms with van der Waals surface area (Å²) in [4.78, 5) is 11.5. The number of likely N-dealkylation sites (tertiary alicyclic amines) is 1. The summed E-state index contributed by atoms with van der Waals surface area (Å²) in [7, 11) is 1.76. The van der Waals surface area contributed by atoms with Gasteiger partial charge in [-0.25, -0.2) is 9.97 Å². The van der Waals surface area contributed by atoms with Gasteiger partial charge in [-0.3, -0.25) is 14.4 Å². The van der Waals surface area contributed by atoms with E-state index in [2.05, 4.69) is 40.8 Å².